The highest BCUT2D eigenvalue weighted by Crippen LogP contribution is 2.31. The average Bonchev–Trinajstić information content (AvgIpc) is 2.94. The molecule has 1 aromatic rings. The van der Waals surface area contributed by atoms with Gasteiger partial charge in [0.25, 0.3) is 0 Å². The Kier molecular flexibility index (Phi) is 7.51. The Hall–Kier alpha value is -2.08. The van der Waals surface area contributed by atoms with E-state index in [0.717, 1.165) is 31.3 Å². The van der Waals surface area contributed by atoms with E-state index in [1.807, 2.05) is 18.2 Å². The maximum Gasteiger partial charge on any atom is 0.225 e. The van der Waals surface area contributed by atoms with Crippen molar-refractivity contribution >= 4 is 17.6 Å². The molecule has 3 rings (SSSR count). The molecule has 2 aliphatic rings. The molecule has 3 N–H and O–H groups in total. The number of hydrogen-bond donors (Lipinski definition) is 3. The Morgan fingerprint density at radius 2 is 1.96 bits per heavy atom. The van der Waals surface area contributed by atoms with Gasteiger partial charge in [-0.25, -0.2) is 0 Å². The minimum atomic E-state index is 0.0769. The number of guanidine groups is 1. The molecule has 1 fully saturated rings. The topological polar surface area (TPSA) is 68.8 Å². The third-order valence-corrected chi connectivity index (χ3v) is 5.34. The van der Waals surface area contributed by atoms with Crippen molar-refractivity contribution in [2.75, 3.05) is 44.6 Å². The van der Waals surface area contributed by atoms with Gasteiger partial charge in [0.1, 0.15) is 0 Å². The van der Waals surface area contributed by atoms with E-state index in [4.69, 9.17) is 4.99 Å². The lowest BCUT2D eigenvalue weighted by atomic mass is 9.91. The first-order chi connectivity index (χ1) is 13.3. The summed E-state index contributed by atoms with van der Waals surface area (Å²) >= 11 is 0. The largest absolute Gasteiger partial charge is 0.357 e. The fourth-order valence-electron chi connectivity index (χ4n) is 3.90. The predicted octanol–water partition coefficient (Wildman–Crippen LogP) is 2.54. The van der Waals surface area contributed by atoms with Gasteiger partial charge in [-0.1, -0.05) is 31.0 Å². The van der Waals surface area contributed by atoms with E-state index in [2.05, 4.69) is 33.8 Å². The van der Waals surface area contributed by atoms with Crippen molar-refractivity contribution in [3.63, 3.8) is 0 Å². The van der Waals surface area contributed by atoms with Gasteiger partial charge in [0.15, 0.2) is 5.96 Å². The molecule has 1 saturated heterocycles. The Bertz CT molecular complexity index is 637. The quantitative estimate of drug-likeness (QED) is 0.531. The average molecular weight is 372 g/mol. The van der Waals surface area contributed by atoms with Crippen LogP contribution in [0.1, 0.15) is 50.5 Å². The maximum absolute atomic E-state index is 12.0. The van der Waals surface area contributed by atoms with Crippen LogP contribution in [0, 0.1) is 0 Å². The van der Waals surface area contributed by atoms with Crippen LogP contribution in [0.25, 0.3) is 0 Å². The van der Waals surface area contributed by atoms with Crippen LogP contribution in [0.5, 0.6) is 0 Å². The summed E-state index contributed by atoms with van der Waals surface area (Å²) in [5, 5.41) is 9.74. The summed E-state index contributed by atoms with van der Waals surface area (Å²) in [6.45, 7) is 7.90. The van der Waals surface area contributed by atoms with Gasteiger partial charge >= 0.3 is 0 Å². The van der Waals surface area contributed by atoms with Gasteiger partial charge in [-0.15, -0.1) is 0 Å². The minimum absolute atomic E-state index is 0.0769. The standard InChI is InChI=1S/C21H33N5O/c1-2-22-21(23-11-14-26-12-7-3-4-8-13-26)24-16-17-15-20(27)25-19-10-6-5-9-18(17)19/h5-6,9-10,17H,2-4,7-8,11-16H2,1H3,(H,25,27)(H2,22,23,24). The van der Waals surface area contributed by atoms with E-state index in [1.54, 1.807) is 0 Å². The van der Waals surface area contributed by atoms with Gasteiger partial charge in [-0.2, -0.15) is 0 Å². The lowest BCUT2D eigenvalue weighted by molar-refractivity contribution is -0.116. The fraction of sp³-hybridized carbons (Fsp3) is 0.619. The molecular weight excluding hydrogens is 338 g/mol. The van der Waals surface area contributed by atoms with Crippen molar-refractivity contribution in [2.24, 2.45) is 4.99 Å². The summed E-state index contributed by atoms with van der Waals surface area (Å²) in [4.78, 5) is 19.3. The molecule has 1 unspecified atom stereocenters. The van der Waals surface area contributed by atoms with Gasteiger partial charge in [0, 0.05) is 37.7 Å². The molecular formula is C21H33N5O. The number of hydrogen-bond acceptors (Lipinski definition) is 3. The second-order valence-corrected chi connectivity index (χ2v) is 7.44. The number of anilines is 1. The first-order valence-electron chi connectivity index (χ1n) is 10.4. The third-order valence-electron chi connectivity index (χ3n) is 5.34. The molecule has 1 atom stereocenters. The number of rotatable bonds is 6. The number of likely N-dealkylation sites (tertiary alicyclic amines) is 1. The summed E-state index contributed by atoms with van der Waals surface area (Å²) in [7, 11) is 0. The van der Waals surface area contributed by atoms with Crippen molar-refractivity contribution in [3.05, 3.63) is 29.8 Å². The van der Waals surface area contributed by atoms with Crippen molar-refractivity contribution in [2.45, 2.75) is 44.9 Å². The monoisotopic (exact) mass is 371 g/mol. The number of carbonyl (C=O) groups excluding carboxylic acids is 1. The molecule has 1 aromatic carbocycles. The van der Waals surface area contributed by atoms with Crippen LogP contribution < -0.4 is 16.0 Å². The lowest BCUT2D eigenvalue weighted by Crippen LogP contribution is -2.42. The summed E-state index contributed by atoms with van der Waals surface area (Å²) in [5.41, 5.74) is 2.11. The van der Waals surface area contributed by atoms with Crippen molar-refractivity contribution < 1.29 is 4.79 Å². The molecule has 6 heteroatoms. The molecule has 27 heavy (non-hydrogen) atoms. The molecule has 0 aromatic heterocycles. The fourth-order valence-corrected chi connectivity index (χ4v) is 3.90. The molecule has 2 heterocycles. The number of carbonyl (C=O) groups is 1. The second kappa shape index (κ2) is 10.3. The number of para-hydroxylation sites is 1. The van der Waals surface area contributed by atoms with Gasteiger partial charge < -0.3 is 20.9 Å². The zero-order valence-electron chi connectivity index (χ0n) is 16.5. The highest BCUT2D eigenvalue weighted by molar-refractivity contribution is 5.94. The van der Waals surface area contributed by atoms with Crippen LogP contribution in [-0.4, -0.2) is 56.0 Å². The molecule has 0 aliphatic carbocycles. The van der Waals surface area contributed by atoms with Gasteiger partial charge in [-0.3, -0.25) is 9.79 Å². The van der Waals surface area contributed by atoms with Crippen LogP contribution >= 0.6 is 0 Å². The molecule has 2 aliphatic heterocycles. The number of benzene rings is 1. The molecule has 0 saturated carbocycles. The first kappa shape index (κ1) is 19.7. The van der Waals surface area contributed by atoms with Crippen LogP contribution in [-0.2, 0) is 4.79 Å². The number of nitrogens with zero attached hydrogens (tertiary/aromatic N) is 2. The summed E-state index contributed by atoms with van der Waals surface area (Å²) in [5.74, 6) is 1.06. The Morgan fingerprint density at radius 1 is 1.19 bits per heavy atom. The van der Waals surface area contributed by atoms with E-state index in [-0.39, 0.29) is 11.8 Å². The molecule has 0 bridgehead atoms. The van der Waals surface area contributed by atoms with Gasteiger partial charge in [0.2, 0.25) is 5.91 Å². The highest BCUT2D eigenvalue weighted by Gasteiger charge is 2.24. The molecule has 148 valence electrons. The van der Waals surface area contributed by atoms with E-state index in [9.17, 15) is 4.79 Å². The van der Waals surface area contributed by atoms with Gasteiger partial charge in [0.05, 0.1) is 6.54 Å². The van der Waals surface area contributed by atoms with Crippen molar-refractivity contribution in [3.8, 4) is 0 Å². The third kappa shape index (κ3) is 5.96. The van der Waals surface area contributed by atoms with Crippen LogP contribution in [0.15, 0.2) is 29.3 Å². The lowest BCUT2D eigenvalue weighted by Gasteiger charge is -2.25. The Balaban J connectivity index is 1.55. The van der Waals surface area contributed by atoms with E-state index in [1.165, 1.54) is 44.3 Å². The Morgan fingerprint density at radius 3 is 2.74 bits per heavy atom. The van der Waals surface area contributed by atoms with Crippen molar-refractivity contribution in [1.82, 2.24) is 15.5 Å². The van der Waals surface area contributed by atoms with E-state index >= 15 is 0 Å². The summed E-state index contributed by atoms with van der Waals surface area (Å²) in [6, 6.07) is 8.04. The molecule has 0 spiro atoms. The SMILES string of the molecule is CCNC(=NCC1CC(=O)Nc2ccccc21)NCCN1CCCCCC1. The normalized spacial score (nSPS) is 21.1. The molecule has 0 radical (unpaired) electrons. The smallest absolute Gasteiger partial charge is 0.225 e. The van der Waals surface area contributed by atoms with Crippen LogP contribution in [0.4, 0.5) is 5.69 Å². The second-order valence-electron chi connectivity index (χ2n) is 7.44. The Labute approximate surface area is 162 Å². The van der Waals surface area contributed by atoms with Crippen LogP contribution in [0.2, 0.25) is 0 Å². The summed E-state index contributed by atoms with van der Waals surface area (Å²) in [6.07, 6.45) is 5.86. The predicted molar refractivity (Wildman–Crippen MR) is 111 cm³/mol. The number of aliphatic imine (C=N–C) groups is 1. The number of amides is 1. The molecule has 1 amide bonds. The number of fused-ring (bicyclic) bond motifs is 1. The van der Waals surface area contributed by atoms with Gasteiger partial charge in [-0.05, 0) is 44.5 Å². The molecule has 6 nitrogen and oxygen atoms in total. The maximum atomic E-state index is 12.0. The first-order valence-corrected chi connectivity index (χ1v) is 10.4. The zero-order chi connectivity index (χ0) is 18.9. The van der Waals surface area contributed by atoms with E-state index in [0.29, 0.717) is 13.0 Å². The van der Waals surface area contributed by atoms with E-state index < -0.39 is 0 Å². The highest BCUT2D eigenvalue weighted by atomic mass is 16.1. The van der Waals surface area contributed by atoms with Crippen molar-refractivity contribution in [1.29, 1.82) is 0 Å². The number of nitrogens with one attached hydrogen (secondary N) is 3. The minimum Gasteiger partial charge on any atom is -0.357 e. The zero-order valence-corrected chi connectivity index (χ0v) is 16.5. The summed E-state index contributed by atoms with van der Waals surface area (Å²) < 4.78 is 0. The van der Waals surface area contributed by atoms with Crippen LogP contribution in [0.3, 0.4) is 0 Å².